The van der Waals surface area contributed by atoms with Gasteiger partial charge < -0.3 is 15.2 Å². The summed E-state index contributed by atoms with van der Waals surface area (Å²) in [7, 11) is 0. The molecule has 0 spiro atoms. The van der Waals surface area contributed by atoms with Gasteiger partial charge in [0.25, 0.3) is 0 Å². The average Bonchev–Trinajstić information content (AvgIpc) is 3.60. The van der Waals surface area contributed by atoms with E-state index in [4.69, 9.17) is 4.74 Å². The smallest absolute Gasteiger partial charge is 0.410 e. The number of hydrogen-bond acceptors (Lipinski definition) is 4. The Bertz CT molecular complexity index is 1560. The normalized spacial score (nSPS) is 41.2. The lowest BCUT2D eigenvalue weighted by Gasteiger charge is -2.72. The standard InChI is InChI=1S/C41H56N2O5/c1-25(2)28-14-19-41(42-33(44)24-43-22-23-48-36(43)47)21-20-39(6)30(34(28)41)12-13-32-38(5)17-15-29(26-8-10-27(11-9-26)35(45)46)37(3,4)31(38)16-18-40(32,39)7/h8-11,15,28,30-32,34H,1,12-14,16-24H2,2-7H3,(H,42,44)(H,45,46). The number of carbonyl (C=O) groups is 3. The van der Waals surface area contributed by atoms with E-state index in [1.165, 1.54) is 41.7 Å². The number of fused-ring (bicyclic) bond motifs is 7. The van der Waals surface area contributed by atoms with Crippen molar-refractivity contribution in [1.29, 1.82) is 0 Å². The van der Waals surface area contributed by atoms with Gasteiger partial charge in [-0.25, -0.2) is 9.59 Å². The fourth-order valence-electron chi connectivity index (χ4n) is 13.3. The lowest BCUT2D eigenvalue weighted by atomic mass is 9.33. The Hall–Kier alpha value is -3.09. The zero-order chi connectivity index (χ0) is 34.4. The predicted molar refractivity (Wildman–Crippen MR) is 187 cm³/mol. The summed E-state index contributed by atoms with van der Waals surface area (Å²) >= 11 is 0. The lowest BCUT2D eigenvalue weighted by molar-refractivity contribution is -0.219. The van der Waals surface area contributed by atoms with Crippen LogP contribution in [-0.4, -0.2) is 53.2 Å². The molecule has 2 N–H and O–H groups in total. The molecule has 5 fully saturated rings. The SMILES string of the molecule is C=C(C)C1CCC2(NC(=O)CN3CCOC3=O)CCC3(C)C(CCC4C5(C)CC=C(c6ccc(C(=O)O)cc6)C(C)(C)C5CCC43C)C12. The maximum atomic E-state index is 13.6. The van der Waals surface area contributed by atoms with Crippen LogP contribution < -0.4 is 5.32 Å². The Balaban J connectivity index is 1.19. The topological polar surface area (TPSA) is 95.9 Å². The molecule has 260 valence electrons. The summed E-state index contributed by atoms with van der Waals surface area (Å²) in [6.07, 6.45) is 12.1. The van der Waals surface area contributed by atoms with E-state index in [1.54, 1.807) is 12.1 Å². The highest BCUT2D eigenvalue weighted by Crippen LogP contribution is 2.76. The first-order valence-electron chi connectivity index (χ1n) is 18.5. The highest BCUT2D eigenvalue weighted by atomic mass is 16.6. The third kappa shape index (κ3) is 4.68. The number of allylic oxidation sites excluding steroid dienone is 3. The second-order valence-corrected chi connectivity index (χ2v) is 17.9. The first kappa shape index (κ1) is 33.4. The second kappa shape index (κ2) is 11.2. The van der Waals surface area contributed by atoms with Gasteiger partial charge in [-0.3, -0.25) is 9.69 Å². The molecule has 5 aliphatic carbocycles. The molecule has 1 aliphatic heterocycles. The van der Waals surface area contributed by atoms with E-state index in [0.717, 1.165) is 37.7 Å². The molecule has 0 radical (unpaired) electrons. The molecule has 0 aromatic heterocycles. The predicted octanol–water partition coefficient (Wildman–Crippen LogP) is 8.36. The molecule has 48 heavy (non-hydrogen) atoms. The van der Waals surface area contributed by atoms with Gasteiger partial charge in [-0.15, -0.1) is 0 Å². The Morgan fingerprint density at radius 2 is 1.69 bits per heavy atom. The van der Waals surface area contributed by atoms with Gasteiger partial charge in [0.1, 0.15) is 13.2 Å². The second-order valence-electron chi connectivity index (χ2n) is 17.9. The summed E-state index contributed by atoms with van der Waals surface area (Å²) in [5.74, 6) is 1.46. The molecular weight excluding hydrogens is 600 g/mol. The van der Waals surface area contributed by atoms with Crippen LogP contribution in [0.15, 0.2) is 42.5 Å². The number of aromatic carboxylic acids is 1. The van der Waals surface area contributed by atoms with Crippen molar-refractivity contribution in [3.63, 3.8) is 0 Å². The minimum atomic E-state index is -0.884. The molecule has 9 atom stereocenters. The van der Waals surface area contributed by atoms with Crippen LogP contribution in [0, 0.1) is 51.2 Å². The summed E-state index contributed by atoms with van der Waals surface area (Å²) in [6.45, 7) is 20.3. The molecule has 1 aromatic carbocycles. The quantitative estimate of drug-likeness (QED) is 0.300. The molecule has 7 nitrogen and oxygen atoms in total. The molecule has 9 unspecified atom stereocenters. The van der Waals surface area contributed by atoms with Crippen LogP contribution in [0.1, 0.15) is 115 Å². The van der Waals surface area contributed by atoms with Gasteiger partial charge in [-0.1, -0.05) is 65.0 Å². The van der Waals surface area contributed by atoms with E-state index in [2.05, 4.69) is 59.5 Å². The van der Waals surface area contributed by atoms with E-state index in [-0.39, 0.29) is 45.7 Å². The monoisotopic (exact) mass is 656 g/mol. The van der Waals surface area contributed by atoms with Gasteiger partial charge >= 0.3 is 12.1 Å². The van der Waals surface area contributed by atoms with Crippen LogP contribution in [0.3, 0.4) is 0 Å². The number of nitrogens with zero attached hydrogens (tertiary/aromatic N) is 1. The van der Waals surface area contributed by atoms with Crippen LogP contribution in [0.4, 0.5) is 4.79 Å². The third-order valence-electron chi connectivity index (χ3n) is 15.7. The van der Waals surface area contributed by atoms with E-state index in [9.17, 15) is 19.5 Å². The highest BCUT2D eigenvalue weighted by Gasteiger charge is 2.70. The van der Waals surface area contributed by atoms with Crippen molar-refractivity contribution in [2.75, 3.05) is 19.7 Å². The Morgan fingerprint density at radius 3 is 2.33 bits per heavy atom. The van der Waals surface area contributed by atoms with Crippen LogP contribution >= 0.6 is 0 Å². The van der Waals surface area contributed by atoms with Crippen molar-refractivity contribution in [2.24, 2.45) is 51.2 Å². The van der Waals surface area contributed by atoms with E-state index in [0.29, 0.717) is 48.3 Å². The molecule has 1 saturated heterocycles. The number of benzene rings is 1. The van der Waals surface area contributed by atoms with E-state index in [1.807, 2.05) is 12.1 Å². The van der Waals surface area contributed by atoms with Crippen LogP contribution in [0.2, 0.25) is 0 Å². The largest absolute Gasteiger partial charge is 0.478 e. The maximum Gasteiger partial charge on any atom is 0.410 e. The van der Waals surface area contributed by atoms with Crippen LogP contribution in [0.5, 0.6) is 0 Å². The van der Waals surface area contributed by atoms with Crippen LogP contribution in [-0.2, 0) is 9.53 Å². The Morgan fingerprint density at radius 1 is 0.958 bits per heavy atom. The van der Waals surface area contributed by atoms with Crippen molar-refractivity contribution in [2.45, 2.75) is 105 Å². The fraction of sp³-hybridized carbons (Fsp3) is 0.683. The van der Waals surface area contributed by atoms with Crippen molar-refractivity contribution in [1.82, 2.24) is 10.2 Å². The number of carboxylic acid groups (broad SMARTS) is 1. The van der Waals surface area contributed by atoms with Gasteiger partial charge in [-0.05, 0) is 139 Å². The minimum Gasteiger partial charge on any atom is -0.478 e. The van der Waals surface area contributed by atoms with Gasteiger partial charge in [0.05, 0.1) is 12.1 Å². The summed E-state index contributed by atoms with van der Waals surface area (Å²) in [5.41, 5.74) is 4.32. The van der Waals surface area contributed by atoms with Crippen molar-refractivity contribution in [3.05, 3.63) is 53.6 Å². The minimum absolute atomic E-state index is 0.0267. The molecule has 1 aromatic rings. The number of amides is 2. The van der Waals surface area contributed by atoms with Gasteiger partial charge in [0, 0.05) is 5.54 Å². The number of rotatable bonds is 6. The van der Waals surface area contributed by atoms with Crippen molar-refractivity contribution in [3.8, 4) is 0 Å². The molecule has 1 heterocycles. The first-order chi connectivity index (χ1) is 22.6. The highest BCUT2D eigenvalue weighted by molar-refractivity contribution is 5.88. The van der Waals surface area contributed by atoms with Gasteiger partial charge in [-0.2, -0.15) is 0 Å². The molecule has 7 rings (SSSR count). The fourth-order valence-corrected chi connectivity index (χ4v) is 13.3. The zero-order valence-electron chi connectivity index (χ0n) is 30.0. The summed E-state index contributed by atoms with van der Waals surface area (Å²) in [6, 6.07) is 7.50. The number of carbonyl (C=O) groups excluding carboxylic acids is 2. The van der Waals surface area contributed by atoms with Crippen molar-refractivity contribution < 1.29 is 24.2 Å². The summed E-state index contributed by atoms with van der Waals surface area (Å²) < 4.78 is 5.11. The summed E-state index contributed by atoms with van der Waals surface area (Å²) in [4.78, 5) is 38.8. The maximum absolute atomic E-state index is 13.6. The molecule has 4 saturated carbocycles. The molecular formula is C41H56N2O5. The number of cyclic esters (lactones) is 1. The Labute approximate surface area is 286 Å². The van der Waals surface area contributed by atoms with Gasteiger partial charge in [0.15, 0.2) is 0 Å². The Kier molecular flexibility index (Phi) is 7.81. The van der Waals surface area contributed by atoms with Gasteiger partial charge in [0.2, 0.25) is 5.91 Å². The molecule has 7 heteroatoms. The van der Waals surface area contributed by atoms with Crippen molar-refractivity contribution >= 4 is 23.5 Å². The lowest BCUT2D eigenvalue weighted by Crippen LogP contribution is -2.68. The third-order valence-corrected chi connectivity index (χ3v) is 15.7. The summed E-state index contributed by atoms with van der Waals surface area (Å²) in [5, 5.41) is 13.1. The van der Waals surface area contributed by atoms with Crippen LogP contribution in [0.25, 0.3) is 5.57 Å². The number of ether oxygens (including phenoxy) is 1. The first-order valence-corrected chi connectivity index (χ1v) is 18.5. The number of carboxylic acids is 1. The van der Waals surface area contributed by atoms with E-state index >= 15 is 0 Å². The molecule has 0 bridgehead atoms. The van der Waals surface area contributed by atoms with E-state index < -0.39 is 5.97 Å². The average molecular weight is 657 g/mol. The molecule has 2 amide bonds. The number of hydrogen-bond donors (Lipinski definition) is 2. The molecule has 6 aliphatic rings. The number of nitrogens with one attached hydrogen (secondary N) is 1. The zero-order valence-corrected chi connectivity index (χ0v) is 30.0.